The van der Waals surface area contributed by atoms with Crippen molar-refractivity contribution in [3.05, 3.63) is 28.5 Å². The molecule has 0 heterocycles. The van der Waals surface area contributed by atoms with Gasteiger partial charge in [-0.05, 0) is 37.9 Å². The summed E-state index contributed by atoms with van der Waals surface area (Å²) in [5.74, 6) is 0.314. The van der Waals surface area contributed by atoms with E-state index in [9.17, 15) is 4.39 Å². The summed E-state index contributed by atoms with van der Waals surface area (Å²) in [5.41, 5.74) is 0. The zero-order valence-electron chi connectivity index (χ0n) is 11.1. The van der Waals surface area contributed by atoms with Crippen LogP contribution in [0.1, 0.15) is 38.5 Å². The standard InChI is InChI=1S/C15H21BrFNO/c16-12-9-13(17)11-15(10-12)19-8-4-7-18-14-5-2-1-3-6-14/h9-11,14,18H,1-8H2. The van der Waals surface area contributed by atoms with Gasteiger partial charge in [-0.2, -0.15) is 0 Å². The molecule has 19 heavy (non-hydrogen) atoms. The molecule has 0 radical (unpaired) electrons. The van der Waals surface area contributed by atoms with Crippen LogP contribution in [0.3, 0.4) is 0 Å². The zero-order chi connectivity index (χ0) is 13.5. The summed E-state index contributed by atoms with van der Waals surface area (Å²) in [6.45, 7) is 1.59. The summed E-state index contributed by atoms with van der Waals surface area (Å²) in [5, 5.41) is 3.57. The first-order valence-electron chi connectivity index (χ1n) is 7.06. The number of nitrogens with one attached hydrogen (secondary N) is 1. The Morgan fingerprint density at radius 1 is 1.21 bits per heavy atom. The first-order chi connectivity index (χ1) is 9.24. The maximum atomic E-state index is 13.1. The highest BCUT2D eigenvalue weighted by Crippen LogP contribution is 2.20. The molecule has 0 aliphatic heterocycles. The average molecular weight is 330 g/mol. The highest BCUT2D eigenvalue weighted by Gasteiger charge is 2.11. The molecule has 2 rings (SSSR count). The lowest BCUT2D eigenvalue weighted by Gasteiger charge is -2.22. The Morgan fingerprint density at radius 2 is 2.00 bits per heavy atom. The summed E-state index contributed by atoms with van der Waals surface area (Å²) in [6.07, 6.45) is 7.65. The number of hydrogen-bond donors (Lipinski definition) is 1. The smallest absolute Gasteiger partial charge is 0.128 e. The van der Waals surface area contributed by atoms with Crippen LogP contribution < -0.4 is 10.1 Å². The van der Waals surface area contributed by atoms with E-state index in [0.717, 1.165) is 13.0 Å². The van der Waals surface area contributed by atoms with Gasteiger partial charge in [0.15, 0.2) is 0 Å². The van der Waals surface area contributed by atoms with Crippen molar-refractivity contribution >= 4 is 15.9 Å². The van der Waals surface area contributed by atoms with Gasteiger partial charge in [-0.1, -0.05) is 35.2 Å². The third-order valence-corrected chi connectivity index (χ3v) is 3.92. The predicted molar refractivity (Wildman–Crippen MR) is 79.1 cm³/mol. The first-order valence-corrected chi connectivity index (χ1v) is 7.85. The van der Waals surface area contributed by atoms with Crippen LogP contribution >= 0.6 is 15.9 Å². The van der Waals surface area contributed by atoms with Gasteiger partial charge in [-0.15, -0.1) is 0 Å². The molecule has 106 valence electrons. The van der Waals surface area contributed by atoms with Crippen molar-refractivity contribution in [3.8, 4) is 5.75 Å². The minimum Gasteiger partial charge on any atom is -0.493 e. The fourth-order valence-electron chi connectivity index (χ4n) is 2.49. The molecular formula is C15H21BrFNO. The summed E-state index contributed by atoms with van der Waals surface area (Å²) in [4.78, 5) is 0. The molecule has 1 aromatic carbocycles. The summed E-state index contributed by atoms with van der Waals surface area (Å²) in [7, 11) is 0. The molecule has 0 spiro atoms. The fourth-order valence-corrected chi connectivity index (χ4v) is 2.93. The average Bonchev–Trinajstić information content (AvgIpc) is 2.38. The summed E-state index contributed by atoms with van der Waals surface area (Å²) < 4.78 is 19.4. The molecule has 0 unspecified atom stereocenters. The number of rotatable bonds is 6. The zero-order valence-corrected chi connectivity index (χ0v) is 12.7. The van der Waals surface area contributed by atoms with E-state index in [4.69, 9.17) is 4.74 Å². The van der Waals surface area contributed by atoms with Crippen molar-refractivity contribution in [2.45, 2.75) is 44.6 Å². The second-order valence-corrected chi connectivity index (χ2v) is 6.01. The van der Waals surface area contributed by atoms with E-state index in [2.05, 4.69) is 21.2 Å². The third kappa shape index (κ3) is 5.49. The van der Waals surface area contributed by atoms with Crippen LogP contribution in [0, 0.1) is 5.82 Å². The molecule has 1 aromatic rings. The molecular weight excluding hydrogens is 309 g/mol. The van der Waals surface area contributed by atoms with Crippen molar-refractivity contribution < 1.29 is 9.13 Å². The molecule has 1 N–H and O–H groups in total. The fraction of sp³-hybridized carbons (Fsp3) is 0.600. The quantitative estimate of drug-likeness (QED) is 0.786. The molecule has 2 nitrogen and oxygen atoms in total. The van der Waals surface area contributed by atoms with Crippen molar-refractivity contribution in [3.63, 3.8) is 0 Å². The summed E-state index contributed by atoms with van der Waals surface area (Å²) in [6, 6.07) is 5.33. The van der Waals surface area contributed by atoms with Gasteiger partial charge in [-0.25, -0.2) is 4.39 Å². The van der Waals surface area contributed by atoms with Crippen LogP contribution in [-0.2, 0) is 0 Å². The molecule has 0 amide bonds. The van der Waals surface area contributed by atoms with Crippen LogP contribution in [0.25, 0.3) is 0 Å². The van der Waals surface area contributed by atoms with E-state index in [1.165, 1.54) is 44.2 Å². The van der Waals surface area contributed by atoms with Crippen molar-refractivity contribution in [1.82, 2.24) is 5.32 Å². The van der Waals surface area contributed by atoms with Gasteiger partial charge in [0.25, 0.3) is 0 Å². The lowest BCUT2D eigenvalue weighted by molar-refractivity contribution is 0.295. The highest BCUT2D eigenvalue weighted by atomic mass is 79.9. The lowest BCUT2D eigenvalue weighted by Crippen LogP contribution is -2.32. The van der Waals surface area contributed by atoms with Crippen molar-refractivity contribution in [2.75, 3.05) is 13.2 Å². The van der Waals surface area contributed by atoms with E-state index in [1.54, 1.807) is 6.07 Å². The first kappa shape index (κ1) is 14.8. The topological polar surface area (TPSA) is 21.3 Å². The van der Waals surface area contributed by atoms with Crippen LogP contribution in [0.2, 0.25) is 0 Å². The third-order valence-electron chi connectivity index (χ3n) is 3.46. The van der Waals surface area contributed by atoms with Gasteiger partial charge < -0.3 is 10.1 Å². The van der Waals surface area contributed by atoms with Crippen LogP contribution in [0.15, 0.2) is 22.7 Å². The molecule has 0 bridgehead atoms. The van der Waals surface area contributed by atoms with Crippen LogP contribution in [-0.4, -0.2) is 19.2 Å². The molecule has 0 atom stereocenters. The van der Waals surface area contributed by atoms with Gasteiger partial charge in [0.2, 0.25) is 0 Å². The Bertz CT molecular complexity index is 373. The molecule has 1 aliphatic rings. The highest BCUT2D eigenvalue weighted by molar-refractivity contribution is 9.10. The second-order valence-electron chi connectivity index (χ2n) is 5.10. The maximum Gasteiger partial charge on any atom is 0.128 e. The normalized spacial score (nSPS) is 16.5. The van der Waals surface area contributed by atoms with Gasteiger partial charge in [-0.3, -0.25) is 0 Å². The lowest BCUT2D eigenvalue weighted by atomic mass is 9.95. The molecule has 0 saturated heterocycles. The van der Waals surface area contributed by atoms with Gasteiger partial charge in [0, 0.05) is 16.6 Å². The molecule has 0 aromatic heterocycles. The minimum atomic E-state index is -0.273. The number of ether oxygens (including phenoxy) is 1. The SMILES string of the molecule is Fc1cc(Br)cc(OCCCNC2CCCCC2)c1. The Kier molecular flexibility index (Phi) is 6.11. The Morgan fingerprint density at radius 3 is 2.74 bits per heavy atom. The maximum absolute atomic E-state index is 13.1. The Balaban J connectivity index is 1.60. The van der Waals surface area contributed by atoms with E-state index in [-0.39, 0.29) is 5.82 Å². The molecule has 1 aliphatic carbocycles. The Labute approximate surface area is 122 Å². The number of hydrogen-bond acceptors (Lipinski definition) is 2. The predicted octanol–water partition coefficient (Wildman–Crippen LogP) is 4.28. The molecule has 1 saturated carbocycles. The Hall–Kier alpha value is -0.610. The van der Waals surface area contributed by atoms with E-state index < -0.39 is 0 Å². The van der Waals surface area contributed by atoms with Gasteiger partial charge >= 0.3 is 0 Å². The number of benzene rings is 1. The van der Waals surface area contributed by atoms with E-state index in [1.807, 2.05) is 0 Å². The van der Waals surface area contributed by atoms with Gasteiger partial charge in [0.05, 0.1) is 6.61 Å². The number of halogens is 2. The van der Waals surface area contributed by atoms with Crippen molar-refractivity contribution in [1.29, 1.82) is 0 Å². The second kappa shape index (κ2) is 7.85. The van der Waals surface area contributed by atoms with Crippen LogP contribution in [0.4, 0.5) is 4.39 Å². The molecule has 4 heteroatoms. The van der Waals surface area contributed by atoms with E-state index in [0.29, 0.717) is 22.9 Å². The van der Waals surface area contributed by atoms with Crippen molar-refractivity contribution in [2.24, 2.45) is 0 Å². The molecule has 1 fully saturated rings. The van der Waals surface area contributed by atoms with Gasteiger partial charge in [0.1, 0.15) is 11.6 Å². The van der Waals surface area contributed by atoms with E-state index >= 15 is 0 Å². The minimum absolute atomic E-state index is 0.273. The summed E-state index contributed by atoms with van der Waals surface area (Å²) >= 11 is 3.26. The van der Waals surface area contributed by atoms with Crippen LogP contribution in [0.5, 0.6) is 5.75 Å². The monoisotopic (exact) mass is 329 g/mol. The largest absolute Gasteiger partial charge is 0.493 e.